The lowest BCUT2D eigenvalue weighted by Gasteiger charge is -2.22. The van der Waals surface area contributed by atoms with Crippen molar-refractivity contribution in [1.82, 2.24) is 9.97 Å². The molecule has 0 bridgehead atoms. The number of carbonyl (C=O) groups excluding carboxylic acids is 2. The van der Waals surface area contributed by atoms with Gasteiger partial charge < -0.3 is 14.9 Å². The van der Waals surface area contributed by atoms with Crippen LogP contribution in [0.2, 0.25) is 0 Å². The molecule has 2 aromatic carbocycles. The average Bonchev–Trinajstić information content (AvgIpc) is 3.41. The number of amides is 1. The number of Topliss-reactive ketones (excluding diaryl/α,β-unsaturated/α-hetero) is 1. The van der Waals surface area contributed by atoms with Crippen molar-refractivity contribution in [3.63, 3.8) is 0 Å². The summed E-state index contributed by atoms with van der Waals surface area (Å²) in [6.07, 6.45) is 1.53. The third-order valence-electron chi connectivity index (χ3n) is 5.85. The van der Waals surface area contributed by atoms with Crippen LogP contribution >= 0.6 is 11.3 Å². The highest BCUT2D eigenvalue weighted by atomic mass is 32.1. The van der Waals surface area contributed by atoms with E-state index >= 15 is 0 Å². The van der Waals surface area contributed by atoms with Crippen LogP contribution < -0.4 is 9.64 Å². The van der Waals surface area contributed by atoms with Crippen LogP contribution in [0, 0.1) is 6.92 Å². The average molecular weight is 502 g/mol. The topological polar surface area (TPSA) is 130 Å². The standard InChI is InChI=1S/C26H19N3O6S/c1-13-6-9-18(35-2)15(11-13)22(30)20-21(17-5-3-4-10-27-17)29(24(32)23(20)31)26-28-16-8-7-14(25(33)34)12-19(16)36-26/h3-12,21,30H,1-2H3,(H,33,34)/b22-20+. The Labute approximate surface area is 208 Å². The number of aliphatic hydroxyl groups excluding tert-OH is 1. The number of pyridine rings is 1. The van der Waals surface area contributed by atoms with Gasteiger partial charge in [-0.15, -0.1) is 0 Å². The predicted molar refractivity (Wildman–Crippen MR) is 133 cm³/mol. The molecule has 1 amide bonds. The predicted octanol–water partition coefficient (Wildman–Crippen LogP) is 4.33. The zero-order valence-electron chi connectivity index (χ0n) is 19.1. The zero-order chi connectivity index (χ0) is 25.6. The molecule has 0 aliphatic carbocycles. The van der Waals surface area contributed by atoms with Crippen LogP contribution in [0.1, 0.15) is 33.2 Å². The summed E-state index contributed by atoms with van der Waals surface area (Å²) in [5.41, 5.74) is 1.85. The highest BCUT2D eigenvalue weighted by molar-refractivity contribution is 7.22. The second-order valence-corrected chi connectivity index (χ2v) is 9.12. The number of anilines is 1. The van der Waals surface area contributed by atoms with Gasteiger partial charge in [0, 0.05) is 6.20 Å². The number of carboxylic acids is 1. The van der Waals surface area contributed by atoms with Gasteiger partial charge in [0.25, 0.3) is 5.78 Å². The van der Waals surface area contributed by atoms with Crippen LogP contribution in [0.25, 0.3) is 16.0 Å². The molecule has 0 spiro atoms. The maximum atomic E-state index is 13.4. The Balaban J connectivity index is 1.73. The number of nitrogens with zero attached hydrogens (tertiary/aromatic N) is 3. The van der Waals surface area contributed by atoms with E-state index in [9.17, 15) is 24.6 Å². The highest BCUT2D eigenvalue weighted by Crippen LogP contribution is 2.44. The number of methoxy groups -OCH3 is 1. The third-order valence-corrected chi connectivity index (χ3v) is 6.87. The smallest absolute Gasteiger partial charge is 0.335 e. The summed E-state index contributed by atoms with van der Waals surface area (Å²) in [6, 6.07) is 13.6. The first-order valence-corrected chi connectivity index (χ1v) is 11.6. The van der Waals surface area contributed by atoms with E-state index in [1.807, 2.05) is 6.92 Å². The molecule has 180 valence electrons. The molecule has 3 heterocycles. The van der Waals surface area contributed by atoms with Gasteiger partial charge in [-0.05, 0) is 49.4 Å². The van der Waals surface area contributed by atoms with Crippen LogP contribution in [0.3, 0.4) is 0 Å². The van der Waals surface area contributed by atoms with Crippen molar-refractivity contribution in [3.05, 3.63) is 88.8 Å². The highest BCUT2D eigenvalue weighted by Gasteiger charge is 2.49. The molecule has 2 N–H and O–H groups in total. The number of rotatable bonds is 5. The molecule has 10 heteroatoms. The number of ketones is 1. The Morgan fingerprint density at radius 2 is 1.89 bits per heavy atom. The molecule has 9 nitrogen and oxygen atoms in total. The van der Waals surface area contributed by atoms with E-state index in [0.717, 1.165) is 16.9 Å². The number of hydrogen-bond donors (Lipinski definition) is 2. The number of aryl methyl sites for hydroxylation is 1. The van der Waals surface area contributed by atoms with Gasteiger partial charge in [-0.3, -0.25) is 19.5 Å². The van der Waals surface area contributed by atoms with Crippen LogP contribution in [0.15, 0.2) is 66.4 Å². The number of hydrogen-bond acceptors (Lipinski definition) is 8. The zero-order valence-corrected chi connectivity index (χ0v) is 19.9. The monoisotopic (exact) mass is 501 g/mol. The molecule has 4 aromatic rings. The maximum Gasteiger partial charge on any atom is 0.335 e. The SMILES string of the molecule is COc1ccc(C)cc1/C(O)=C1\C(=O)C(=O)N(c2nc3ccc(C(=O)O)cc3s2)C1c1ccccn1. The quantitative estimate of drug-likeness (QED) is 0.235. The van der Waals surface area contributed by atoms with E-state index < -0.39 is 23.7 Å². The summed E-state index contributed by atoms with van der Waals surface area (Å²) in [5, 5.41) is 20.9. The summed E-state index contributed by atoms with van der Waals surface area (Å²) in [6.45, 7) is 1.83. The molecular weight excluding hydrogens is 482 g/mol. The largest absolute Gasteiger partial charge is 0.507 e. The van der Waals surface area contributed by atoms with Crippen LogP contribution in [-0.2, 0) is 9.59 Å². The minimum absolute atomic E-state index is 0.0765. The van der Waals surface area contributed by atoms with Crippen molar-refractivity contribution in [1.29, 1.82) is 0 Å². The normalized spacial score (nSPS) is 17.1. The molecule has 1 atom stereocenters. The number of carbonyl (C=O) groups is 3. The van der Waals surface area contributed by atoms with E-state index in [-0.39, 0.29) is 27.6 Å². The molecule has 5 rings (SSSR count). The van der Waals surface area contributed by atoms with E-state index in [4.69, 9.17) is 4.74 Å². The second kappa shape index (κ2) is 8.90. The molecule has 2 aromatic heterocycles. The van der Waals surface area contributed by atoms with Gasteiger partial charge in [-0.25, -0.2) is 9.78 Å². The number of fused-ring (bicyclic) bond motifs is 1. The van der Waals surface area contributed by atoms with Crippen molar-refractivity contribution in [2.45, 2.75) is 13.0 Å². The number of carboxylic acid groups (broad SMARTS) is 1. The fraction of sp³-hybridized carbons (Fsp3) is 0.115. The van der Waals surface area contributed by atoms with E-state index in [1.165, 1.54) is 30.3 Å². The Hall–Kier alpha value is -4.57. The summed E-state index contributed by atoms with van der Waals surface area (Å²) in [4.78, 5) is 48.1. The molecule has 1 fully saturated rings. The first-order valence-electron chi connectivity index (χ1n) is 10.8. The van der Waals surface area contributed by atoms with E-state index in [0.29, 0.717) is 21.7 Å². The first kappa shape index (κ1) is 23.2. The Bertz CT molecular complexity index is 1580. The van der Waals surface area contributed by atoms with Gasteiger partial charge in [-0.1, -0.05) is 29.0 Å². The van der Waals surface area contributed by atoms with Crippen molar-refractivity contribution in [2.75, 3.05) is 12.0 Å². The van der Waals surface area contributed by atoms with Gasteiger partial charge in [0.2, 0.25) is 0 Å². The van der Waals surface area contributed by atoms with Crippen molar-refractivity contribution in [2.24, 2.45) is 0 Å². The van der Waals surface area contributed by atoms with Gasteiger partial charge in [0.1, 0.15) is 17.6 Å². The lowest BCUT2D eigenvalue weighted by Crippen LogP contribution is -2.29. The summed E-state index contributed by atoms with van der Waals surface area (Å²) in [5.74, 6) is -2.91. The fourth-order valence-corrected chi connectivity index (χ4v) is 5.18. The molecule has 1 aliphatic heterocycles. The van der Waals surface area contributed by atoms with Crippen LogP contribution in [-0.4, -0.2) is 45.0 Å². The van der Waals surface area contributed by atoms with Crippen LogP contribution in [0.4, 0.5) is 5.13 Å². The van der Waals surface area contributed by atoms with Gasteiger partial charge in [0.15, 0.2) is 5.13 Å². The van der Waals surface area contributed by atoms with Gasteiger partial charge >= 0.3 is 11.9 Å². The Morgan fingerprint density at radius 3 is 2.58 bits per heavy atom. The van der Waals surface area contributed by atoms with Gasteiger partial charge in [-0.2, -0.15) is 0 Å². The molecule has 0 radical (unpaired) electrons. The van der Waals surface area contributed by atoms with Crippen molar-refractivity contribution < 1.29 is 29.3 Å². The summed E-state index contributed by atoms with van der Waals surface area (Å²) in [7, 11) is 1.45. The van der Waals surface area contributed by atoms with Crippen molar-refractivity contribution in [3.8, 4) is 5.75 Å². The minimum atomic E-state index is -1.09. The molecule has 1 aliphatic rings. The number of aromatic nitrogens is 2. The number of aromatic carboxylic acids is 1. The number of ether oxygens (including phenoxy) is 1. The summed E-state index contributed by atoms with van der Waals surface area (Å²) < 4.78 is 5.92. The molecule has 0 saturated carbocycles. The molecule has 1 unspecified atom stereocenters. The third kappa shape index (κ3) is 3.77. The molecular formula is C26H19N3O6S. The molecule has 36 heavy (non-hydrogen) atoms. The van der Waals surface area contributed by atoms with Gasteiger partial charge in [0.05, 0.1) is 39.7 Å². The Kier molecular flexibility index (Phi) is 5.73. The van der Waals surface area contributed by atoms with E-state index in [2.05, 4.69) is 9.97 Å². The fourth-order valence-electron chi connectivity index (χ4n) is 4.15. The lowest BCUT2D eigenvalue weighted by atomic mass is 9.97. The number of aliphatic hydroxyl groups is 1. The van der Waals surface area contributed by atoms with Crippen molar-refractivity contribution >= 4 is 50.1 Å². The first-order chi connectivity index (χ1) is 17.3. The minimum Gasteiger partial charge on any atom is -0.507 e. The van der Waals surface area contributed by atoms with E-state index in [1.54, 1.807) is 42.5 Å². The maximum absolute atomic E-state index is 13.4. The molecule has 1 saturated heterocycles. The lowest BCUT2D eigenvalue weighted by molar-refractivity contribution is -0.132. The van der Waals surface area contributed by atoms with Crippen LogP contribution in [0.5, 0.6) is 5.75 Å². The number of benzene rings is 2. The second-order valence-electron chi connectivity index (χ2n) is 8.11. The number of thiazole rings is 1. The Morgan fingerprint density at radius 1 is 1.08 bits per heavy atom. The summed E-state index contributed by atoms with van der Waals surface area (Å²) >= 11 is 1.07.